The molecule has 50 heavy (non-hydrogen) atoms. The normalized spacial score (nSPS) is 29.0. The molecule has 1 spiro atoms. The number of rotatable bonds is 5. The Morgan fingerprint density at radius 2 is 1.90 bits per heavy atom. The van der Waals surface area contributed by atoms with Crippen molar-refractivity contribution in [2.24, 2.45) is 10.8 Å². The van der Waals surface area contributed by atoms with Crippen LogP contribution < -0.4 is 23.4 Å². The van der Waals surface area contributed by atoms with Crippen molar-refractivity contribution in [3.8, 4) is 11.5 Å². The van der Waals surface area contributed by atoms with Gasteiger partial charge >= 0.3 is 10.2 Å². The average molecular weight is 725 g/mol. The van der Waals surface area contributed by atoms with E-state index in [-0.39, 0.29) is 40.5 Å². The summed E-state index contributed by atoms with van der Waals surface area (Å²) in [6.45, 7) is 8.48. The number of benzene rings is 2. The number of hydrogen-bond donors (Lipinski definition) is 2. The molecule has 0 radical (unpaired) electrons. The van der Waals surface area contributed by atoms with Crippen LogP contribution in [0.5, 0.6) is 11.5 Å². The zero-order valence-corrected chi connectivity index (χ0v) is 29.5. The van der Waals surface area contributed by atoms with E-state index in [1.807, 2.05) is 19.1 Å². The lowest BCUT2D eigenvalue weighted by atomic mass is 9.87. The summed E-state index contributed by atoms with van der Waals surface area (Å²) in [5.41, 5.74) is 2.23. The molecular weight excluding hydrogens is 687 g/mol. The van der Waals surface area contributed by atoms with Crippen LogP contribution in [-0.4, -0.2) is 67.1 Å². The quantitative estimate of drug-likeness (QED) is 0.285. The van der Waals surface area contributed by atoms with Gasteiger partial charge in [0.25, 0.3) is 5.79 Å². The van der Waals surface area contributed by atoms with Crippen LogP contribution >= 0.6 is 11.6 Å². The minimum absolute atomic E-state index is 0.00189. The van der Waals surface area contributed by atoms with E-state index >= 15 is 4.39 Å². The molecule has 2 N–H and O–H groups in total. The molecule has 5 aliphatic rings. The molecule has 4 fully saturated rings. The Bertz CT molecular complexity index is 2140. The van der Waals surface area contributed by atoms with Gasteiger partial charge in [-0.1, -0.05) is 31.5 Å². The molecule has 2 unspecified atom stereocenters. The van der Waals surface area contributed by atoms with Crippen molar-refractivity contribution in [1.82, 2.24) is 19.3 Å². The third kappa shape index (κ3) is 4.97. The van der Waals surface area contributed by atoms with Crippen molar-refractivity contribution >= 4 is 44.2 Å². The number of imidazole rings is 1. The van der Waals surface area contributed by atoms with Crippen LogP contribution in [0, 0.1) is 16.6 Å². The molecule has 2 aromatic heterocycles. The highest BCUT2D eigenvalue weighted by Crippen LogP contribution is 2.66. The summed E-state index contributed by atoms with van der Waals surface area (Å²) >= 11 is 6.07. The van der Waals surface area contributed by atoms with Gasteiger partial charge in [0.2, 0.25) is 0 Å². The van der Waals surface area contributed by atoms with Crippen LogP contribution in [-0.2, 0) is 20.7 Å². The summed E-state index contributed by atoms with van der Waals surface area (Å²) in [6, 6.07) is 12.3. The van der Waals surface area contributed by atoms with Gasteiger partial charge in [-0.2, -0.15) is 13.1 Å². The monoisotopic (exact) mass is 724 g/mol. The second-order valence-electron chi connectivity index (χ2n) is 15.0. The zero-order chi connectivity index (χ0) is 34.8. The van der Waals surface area contributed by atoms with Gasteiger partial charge in [0, 0.05) is 43.6 Å². The number of hydrogen-bond acceptors (Lipinski definition) is 9. The number of anilines is 2. The molecule has 1 saturated carbocycles. The van der Waals surface area contributed by atoms with Gasteiger partial charge in [-0.25, -0.2) is 9.37 Å². The number of aliphatic hydroxyl groups is 1. The van der Waals surface area contributed by atoms with E-state index in [2.05, 4.69) is 39.1 Å². The standard InChI is InChI=1S/C35H38ClFN6O6S/c1-33(2)19-47-18-28(33)43-25-14-21(42-17-29(44)40-50(42,45)46)13-23(37)30(25)39-32(43)22-15-35(22)9-11-41(12-10-35)24-5-4-6-26-31(24)49-34(3,48-26)27-8-7-20(36)16-38-27/h4-8,13-14,16,22,28-29,40,44H,9-12,15,17-19H2,1-3H3/t22-,28+,29?,34?/m0/s1. The molecule has 4 aromatic rings. The van der Waals surface area contributed by atoms with Crippen molar-refractivity contribution in [3.05, 3.63) is 71.0 Å². The molecular formula is C35H38ClFN6O6S. The molecule has 4 aliphatic heterocycles. The second kappa shape index (κ2) is 10.9. The van der Waals surface area contributed by atoms with Gasteiger partial charge < -0.3 is 28.8 Å². The Labute approximate surface area is 294 Å². The highest BCUT2D eigenvalue weighted by Gasteiger charge is 2.58. The number of para-hydroxylation sites is 1. The number of nitrogens with zero attached hydrogens (tertiary/aromatic N) is 5. The number of piperidine rings is 1. The molecule has 12 nitrogen and oxygen atoms in total. The molecule has 15 heteroatoms. The van der Waals surface area contributed by atoms with Gasteiger partial charge in [-0.3, -0.25) is 9.29 Å². The Kier molecular flexibility index (Phi) is 7.03. The molecule has 1 aliphatic carbocycles. The van der Waals surface area contributed by atoms with Crippen molar-refractivity contribution in [3.63, 3.8) is 0 Å². The Balaban J connectivity index is 1.01. The predicted octanol–water partition coefficient (Wildman–Crippen LogP) is 5.21. The number of fused-ring (bicyclic) bond motifs is 2. The second-order valence-corrected chi connectivity index (χ2v) is 17.1. The number of aromatic nitrogens is 3. The van der Waals surface area contributed by atoms with Gasteiger partial charge in [0.1, 0.15) is 23.3 Å². The van der Waals surface area contributed by atoms with Crippen molar-refractivity contribution in [1.29, 1.82) is 0 Å². The number of β-amino-alcohol motifs (C(OH)–C–C–N with tert-alkyl or cyclic N) is 1. The Morgan fingerprint density at radius 1 is 1.10 bits per heavy atom. The smallest absolute Gasteiger partial charge is 0.303 e. The van der Waals surface area contributed by atoms with E-state index in [9.17, 15) is 13.5 Å². The van der Waals surface area contributed by atoms with E-state index < -0.39 is 28.0 Å². The highest BCUT2D eigenvalue weighted by atomic mass is 35.5. The Hall–Kier alpha value is -3.69. The lowest BCUT2D eigenvalue weighted by Crippen LogP contribution is -2.36. The topological polar surface area (TPSA) is 131 Å². The maximum Gasteiger partial charge on any atom is 0.303 e. The largest absolute Gasteiger partial charge is 0.443 e. The van der Waals surface area contributed by atoms with Crippen molar-refractivity contribution in [2.75, 3.05) is 42.1 Å². The minimum Gasteiger partial charge on any atom is -0.443 e. The predicted molar refractivity (Wildman–Crippen MR) is 184 cm³/mol. The first-order valence-corrected chi connectivity index (χ1v) is 18.7. The van der Waals surface area contributed by atoms with Gasteiger partial charge in [0.15, 0.2) is 17.3 Å². The van der Waals surface area contributed by atoms with E-state index in [0.717, 1.165) is 48.2 Å². The zero-order valence-electron chi connectivity index (χ0n) is 27.9. The first-order chi connectivity index (χ1) is 23.8. The van der Waals surface area contributed by atoms with Crippen LogP contribution in [0.4, 0.5) is 15.8 Å². The first kappa shape index (κ1) is 32.2. The fraction of sp³-hybridized carbons (Fsp3) is 0.486. The molecule has 3 saturated heterocycles. The van der Waals surface area contributed by atoms with Crippen LogP contribution in [0.15, 0.2) is 48.7 Å². The average Bonchev–Trinajstić information content (AvgIpc) is 3.37. The molecule has 264 valence electrons. The summed E-state index contributed by atoms with van der Waals surface area (Å²) in [7, 11) is -4.02. The number of ether oxygens (including phenoxy) is 3. The summed E-state index contributed by atoms with van der Waals surface area (Å²) in [4.78, 5) is 11.7. The highest BCUT2D eigenvalue weighted by molar-refractivity contribution is 7.91. The maximum atomic E-state index is 15.9. The third-order valence-corrected chi connectivity index (χ3v) is 13.0. The fourth-order valence-electron chi connectivity index (χ4n) is 8.39. The molecule has 0 amide bonds. The van der Waals surface area contributed by atoms with Crippen molar-refractivity contribution in [2.45, 2.75) is 64.0 Å². The third-order valence-electron chi connectivity index (χ3n) is 11.3. The van der Waals surface area contributed by atoms with Gasteiger partial charge in [0.05, 0.1) is 47.7 Å². The van der Waals surface area contributed by atoms with Crippen LogP contribution in [0.2, 0.25) is 5.02 Å². The SMILES string of the molecule is CC1(c2ccc(Cl)cn2)Oc2cccc(N3CCC4(CC3)C[C@H]4c3nc4c(F)cc(N5CC(O)NS5(=O)=O)cc4n3[C@@H]3COCC3(C)C)c2O1. The molecule has 4 atom stereocenters. The first-order valence-electron chi connectivity index (χ1n) is 16.9. The molecule has 0 bridgehead atoms. The number of halogens is 2. The number of pyridine rings is 1. The number of aliphatic hydroxyl groups excluding tert-OH is 1. The molecule has 2 aromatic carbocycles. The Morgan fingerprint density at radius 3 is 2.58 bits per heavy atom. The molecule has 9 rings (SSSR count). The minimum atomic E-state index is -4.02. The summed E-state index contributed by atoms with van der Waals surface area (Å²) in [5, 5.41) is 10.6. The van der Waals surface area contributed by atoms with Gasteiger partial charge in [-0.15, -0.1) is 0 Å². The van der Waals surface area contributed by atoms with E-state index in [0.29, 0.717) is 40.9 Å². The van der Waals surface area contributed by atoms with Crippen molar-refractivity contribution < 1.29 is 32.1 Å². The maximum absolute atomic E-state index is 15.9. The molecule has 6 heterocycles. The van der Waals surface area contributed by atoms with Gasteiger partial charge in [-0.05, 0) is 55.0 Å². The number of nitrogens with one attached hydrogen (secondary N) is 1. The summed E-state index contributed by atoms with van der Waals surface area (Å²) in [5.74, 6) is 0.596. The summed E-state index contributed by atoms with van der Waals surface area (Å²) in [6.07, 6.45) is 3.05. The van der Waals surface area contributed by atoms with Crippen LogP contribution in [0.25, 0.3) is 11.0 Å². The van der Waals surface area contributed by atoms with E-state index in [4.69, 9.17) is 30.8 Å². The van der Waals surface area contributed by atoms with Crippen LogP contribution in [0.3, 0.4) is 0 Å². The fourth-order valence-corrected chi connectivity index (χ4v) is 9.77. The van der Waals surface area contributed by atoms with E-state index in [1.54, 1.807) is 24.4 Å². The lowest BCUT2D eigenvalue weighted by Gasteiger charge is -2.35. The summed E-state index contributed by atoms with van der Waals surface area (Å²) < 4.78 is 65.5. The lowest BCUT2D eigenvalue weighted by molar-refractivity contribution is -0.0716. The van der Waals surface area contributed by atoms with Crippen LogP contribution in [0.1, 0.15) is 63.5 Å². The van der Waals surface area contributed by atoms with E-state index in [1.165, 1.54) is 6.07 Å².